The lowest BCUT2D eigenvalue weighted by molar-refractivity contribution is 0.0941. The summed E-state index contributed by atoms with van der Waals surface area (Å²) in [6.45, 7) is 2.56. The molecule has 2 rings (SSSR count). The molecule has 1 saturated carbocycles. The van der Waals surface area contributed by atoms with Gasteiger partial charge in [-0.1, -0.05) is 19.3 Å². The second kappa shape index (κ2) is 6.55. The second-order valence-electron chi connectivity index (χ2n) is 5.04. The number of hydrogen-bond donors (Lipinski definition) is 2. The van der Waals surface area contributed by atoms with Gasteiger partial charge in [-0.25, -0.2) is 0 Å². The molecule has 0 aromatic carbocycles. The van der Waals surface area contributed by atoms with Crippen LogP contribution in [-0.2, 0) is 0 Å². The molecule has 0 atom stereocenters. The van der Waals surface area contributed by atoms with Crippen molar-refractivity contribution in [3.63, 3.8) is 0 Å². The zero-order valence-electron chi connectivity index (χ0n) is 10.7. The van der Waals surface area contributed by atoms with E-state index in [1.54, 1.807) is 0 Å². The number of carbonyl (C=O) groups excluding carboxylic acids is 1. The lowest BCUT2D eigenvalue weighted by atomic mass is 9.82. The first-order chi connectivity index (χ1) is 8.11. The third-order valence-corrected chi connectivity index (χ3v) is 4.53. The van der Waals surface area contributed by atoms with Gasteiger partial charge >= 0.3 is 0 Å². The van der Waals surface area contributed by atoms with E-state index in [-0.39, 0.29) is 23.9 Å². The monoisotopic (exact) mass is 288 g/mol. The summed E-state index contributed by atoms with van der Waals surface area (Å²) in [6.07, 6.45) is 5.69. The fourth-order valence-electron chi connectivity index (χ4n) is 2.37. The van der Waals surface area contributed by atoms with Crippen LogP contribution in [0.5, 0.6) is 0 Å². The number of rotatable bonds is 3. The van der Waals surface area contributed by atoms with E-state index in [1.807, 2.05) is 18.4 Å². The normalized spacial score (nSPS) is 17.9. The van der Waals surface area contributed by atoms with Crippen LogP contribution in [0.15, 0.2) is 11.4 Å². The summed E-state index contributed by atoms with van der Waals surface area (Å²) in [7, 11) is 0. The second-order valence-corrected chi connectivity index (χ2v) is 5.95. The van der Waals surface area contributed by atoms with Crippen LogP contribution in [-0.4, -0.2) is 18.0 Å². The number of nitrogens with one attached hydrogen (secondary N) is 1. The molecule has 0 saturated heterocycles. The van der Waals surface area contributed by atoms with Gasteiger partial charge in [0.2, 0.25) is 0 Å². The van der Waals surface area contributed by atoms with Crippen LogP contribution in [0, 0.1) is 6.92 Å². The number of amides is 1. The van der Waals surface area contributed by atoms with E-state index in [0.29, 0.717) is 6.54 Å². The van der Waals surface area contributed by atoms with E-state index < -0.39 is 0 Å². The molecule has 1 aliphatic carbocycles. The van der Waals surface area contributed by atoms with E-state index in [4.69, 9.17) is 5.73 Å². The molecule has 1 heterocycles. The summed E-state index contributed by atoms with van der Waals surface area (Å²) in [5.74, 6) is 0.0212. The summed E-state index contributed by atoms with van der Waals surface area (Å²) in [5, 5.41) is 4.93. The van der Waals surface area contributed by atoms with Gasteiger partial charge in [-0.15, -0.1) is 23.7 Å². The van der Waals surface area contributed by atoms with Crippen LogP contribution < -0.4 is 11.1 Å². The SMILES string of the molecule is Cc1ccsc1C(=O)NCC1(N)CCCCC1.Cl. The molecular formula is C13H21ClN2OS. The van der Waals surface area contributed by atoms with E-state index >= 15 is 0 Å². The molecule has 0 radical (unpaired) electrons. The lowest BCUT2D eigenvalue weighted by Crippen LogP contribution is -2.51. The maximum Gasteiger partial charge on any atom is 0.261 e. The minimum absolute atomic E-state index is 0. The third-order valence-electron chi connectivity index (χ3n) is 3.52. The van der Waals surface area contributed by atoms with Crippen LogP contribution in [0.4, 0.5) is 0 Å². The van der Waals surface area contributed by atoms with E-state index in [2.05, 4.69) is 5.32 Å². The zero-order chi connectivity index (χ0) is 12.3. The van der Waals surface area contributed by atoms with E-state index in [0.717, 1.165) is 23.3 Å². The largest absolute Gasteiger partial charge is 0.349 e. The Balaban J connectivity index is 0.00000162. The molecule has 1 aromatic rings. The standard InChI is InChI=1S/C13H20N2OS.ClH/c1-10-5-8-17-11(10)12(16)15-9-13(14)6-3-2-4-7-13;/h5,8H,2-4,6-7,9,14H2,1H3,(H,15,16);1H. The van der Waals surface area contributed by atoms with Crippen molar-refractivity contribution in [2.24, 2.45) is 5.73 Å². The molecule has 0 unspecified atom stereocenters. The molecule has 3 N–H and O–H groups in total. The smallest absolute Gasteiger partial charge is 0.261 e. The summed E-state index contributed by atoms with van der Waals surface area (Å²) < 4.78 is 0. The van der Waals surface area contributed by atoms with E-state index in [1.165, 1.54) is 30.6 Å². The summed E-state index contributed by atoms with van der Waals surface area (Å²) in [4.78, 5) is 12.8. The molecule has 1 amide bonds. The first-order valence-corrected chi connectivity index (χ1v) is 7.10. The van der Waals surface area contributed by atoms with Crippen molar-refractivity contribution in [1.29, 1.82) is 0 Å². The number of thiophene rings is 1. The third kappa shape index (κ3) is 3.70. The van der Waals surface area contributed by atoms with Gasteiger partial charge in [-0.05, 0) is 36.8 Å². The molecule has 1 aromatic heterocycles. The summed E-state index contributed by atoms with van der Waals surface area (Å²) >= 11 is 1.49. The zero-order valence-corrected chi connectivity index (χ0v) is 12.3. The highest BCUT2D eigenvalue weighted by atomic mass is 35.5. The van der Waals surface area contributed by atoms with Crippen molar-refractivity contribution >= 4 is 29.7 Å². The molecule has 18 heavy (non-hydrogen) atoms. The van der Waals surface area contributed by atoms with Crippen molar-refractivity contribution in [2.75, 3.05) is 6.54 Å². The molecule has 3 nitrogen and oxygen atoms in total. The fraction of sp³-hybridized carbons (Fsp3) is 0.615. The first-order valence-electron chi connectivity index (χ1n) is 6.22. The number of carbonyl (C=O) groups is 1. The number of hydrogen-bond acceptors (Lipinski definition) is 3. The van der Waals surface area contributed by atoms with Crippen molar-refractivity contribution in [3.8, 4) is 0 Å². The summed E-state index contributed by atoms with van der Waals surface area (Å²) in [5.41, 5.74) is 7.15. The minimum atomic E-state index is -0.181. The van der Waals surface area contributed by atoms with Crippen LogP contribution in [0.3, 0.4) is 0 Å². The molecule has 0 spiro atoms. The van der Waals surface area contributed by atoms with Gasteiger partial charge in [0.15, 0.2) is 0 Å². The Morgan fingerprint density at radius 3 is 2.67 bits per heavy atom. The van der Waals surface area contributed by atoms with Gasteiger partial charge in [0, 0.05) is 12.1 Å². The van der Waals surface area contributed by atoms with Crippen molar-refractivity contribution in [3.05, 3.63) is 21.9 Å². The van der Waals surface area contributed by atoms with Crippen LogP contribution in [0.1, 0.15) is 47.3 Å². The van der Waals surface area contributed by atoms with Crippen LogP contribution >= 0.6 is 23.7 Å². The Morgan fingerprint density at radius 1 is 1.44 bits per heavy atom. The topological polar surface area (TPSA) is 55.1 Å². The predicted octanol–water partition coefficient (Wildman–Crippen LogP) is 2.87. The molecule has 1 fully saturated rings. The molecule has 5 heteroatoms. The van der Waals surface area contributed by atoms with Gasteiger partial charge in [0.1, 0.15) is 0 Å². The Hall–Kier alpha value is -0.580. The van der Waals surface area contributed by atoms with Crippen molar-refractivity contribution in [1.82, 2.24) is 5.32 Å². The van der Waals surface area contributed by atoms with Crippen LogP contribution in [0.2, 0.25) is 0 Å². The average molecular weight is 289 g/mol. The van der Waals surface area contributed by atoms with Gasteiger partial charge in [0.25, 0.3) is 5.91 Å². The fourth-order valence-corrected chi connectivity index (χ4v) is 3.22. The lowest BCUT2D eigenvalue weighted by Gasteiger charge is -2.33. The first kappa shape index (κ1) is 15.5. The molecule has 0 aliphatic heterocycles. The highest BCUT2D eigenvalue weighted by molar-refractivity contribution is 7.12. The maximum atomic E-state index is 12.0. The van der Waals surface area contributed by atoms with Gasteiger partial charge in [-0.3, -0.25) is 4.79 Å². The Kier molecular flexibility index (Phi) is 5.63. The summed E-state index contributed by atoms with van der Waals surface area (Å²) in [6, 6.07) is 1.97. The maximum absolute atomic E-state index is 12.0. The molecule has 0 bridgehead atoms. The van der Waals surface area contributed by atoms with Gasteiger partial charge < -0.3 is 11.1 Å². The van der Waals surface area contributed by atoms with Crippen LogP contribution in [0.25, 0.3) is 0 Å². The van der Waals surface area contributed by atoms with Gasteiger partial charge in [-0.2, -0.15) is 0 Å². The predicted molar refractivity (Wildman–Crippen MR) is 78.6 cm³/mol. The molecular weight excluding hydrogens is 268 g/mol. The van der Waals surface area contributed by atoms with E-state index in [9.17, 15) is 4.79 Å². The quantitative estimate of drug-likeness (QED) is 0.898. The minimum Gasteiger partial charge on any atom is -0.349 e. The molecule has 1 aliphatic rings. The Bertz CT molecular complexity index is 399. The Morgan fingerprint density at radius 2 is 2.11 bits per heavy atom. The highest BCUT2D eigenvalue weighted by Gasteiger charge is 2.28. The highest BCUT2D eigenvalue weighted by Crippen LogP contribution is 2.25. The number of halogens is 1. The van der Waals surface area contributed by atoms with Crippen molar-refractivity contribution < 1.29 is 4.79 Å². The van der Waals surface area contributed by atoms with Gasteiger partial charge in [0.05, 0.1) is 4.88 Å². The van der Waals surface area contributed by atoms with Crippen molar-refractivity contribution in [2.45, 2.75) is 44.6 Å². The Labute approximate surface area is 119 Å². The number of nitrogens with two attached hydrogens (primary N) is 1. The molecule has 102 valence electrons. The number of aryl methyl sites for hydroxylation is 1. The average Bonchev–Trinajstić information content (AvgIpc) is 2.74.